The number of hydrogen-bond acceptors (Lipinski definition) is 4. The minimum absolute atomic E-state index is 0.145. The zero-order valence-corrected chi connectivity index (χ0v) is 13.7. The lowest BCUT2D eigenvalue weighted by Crippen LogP contribution is -2.36. The molecule has 1 aromatic carbocycles. The molecule has 4 nitrogen and oxygen atoms in total. The van der Waals surface area contributed by atoms with Gasteiger partial charge in [-0.3, -0.25) is 0 Å². The lowest BCUT2D eigenvalue weighted by Gasteiger charge is -2.22. The number of rotatable bonds is 5. The van der Waals surface area contributed by atoms with E-state index in [0.29, 0.717) is 16.7 Å². The molecule has 0 atom stereocenters. The van der Waals surface area contributed by atoms with Crippen molar-refractivity contribution >= 4 is 43.4 Å². The second kappa shape index (κ2) is 5.81. The Labute approximate surface area is 121 Å². The third-order valence-corrected chi connectivity index (χ3v) is 6.11. The van der Waals surface area contributed by atoms with Gasteiger partial charge in [-0.25, -0.2) is 13.1 Å². The maximum absolute atomic E-state index is 12.1. The van der Waals surface area contributed by atoms with Crippen molar-refractivity contribution in [2.75, 3.05) is 18.5 Å². The average Bonchev–Trinajstić information content (AvgIpc) is 2.26. The van der Waals surface area contributed by atoms with Crippen molar-refractivity contribution in [2.24, 2.45) is 0 Å². The van der Waals surface area contributed by atoms with Gasteiger partial charge in [0.1, 0.15) is 0 Å². The second-order valence-electron chi connectivity index (χ2n) is 4.48. The Morgan fingerprint density at radius 3 is 2.56 bits per heavy atom. The van der Waals surface area contributed by atoms with Crippen LogP contribution in [0.4, 0.5) is 5.69 Å². The van der Waals surface area contributed by atoms with Crippen molar-refractivity contribution in [3.63, 3.8) is 0 Å². The van der Waals surface area contributed by atoms with Gasteiger partial charge >= 0.3 is 0 Å². The standard InChI is InChI=1S/C11H17BrN2O2S2/c1-11(2,17-3)7-14-18(15,16)10-5-4-8(13)6-9(10)12/h4-6,14H,7,13H2,1-3H3. The third kappa shape index (κ3) is 4.15. The van der Waals surface area contributed by atoms with Crippen LogP contribution in [-0.2, 0) is 10.0 Å². The van der Waals surface area contributed by atoms with Gasteiger partial charge in [-0.15, -0.1) is 0 Å². The fraction of sp³-hybridized carbons (Fsp3) is 0.455. The smallest absolute Gasteiger partial charge is 0.241 e. The Morgan fingerprint density at radius 1 is 1.44 bits per heavy atom. The molecule has 18 heavy (non-hydrogen) atoms. The fourth-order valence-electron chi connectivity index (χ4n) is 1.15. The lowest BCUT2D eigenvalue weighted by atomic mass is 10.2. The highest BCUT2D eigenvalue weighted by molar-refractivity contribution is 9.10. The van der Waals surface area contributed by atoms with E-state index in [1.54, 1.807) is 23.9 Å². The van der Waals surface area contributed by atoms with Gasteiger partial charge in [-0.1, -0.05) is 0 Å². The minimum Gasteiger partial charge on any atom is -0.399 e. The Balaban J connectivity index is 2.94. The normalized spacial score (nSPS) is 12.7. The van der Waals surface area contributed by atoms with Crippen molar-refractivity contribution in [3.05, 3.63) is 22.7 Å². The first kappa shape index (κ1) is 15.8. The maximum Gasteiger partial charge on any atom is 0.241 e. The second-order valence-corrected chi connectivity index (χ2v) is 8.58. The van der Waals surface area contributed by atoms with E-state index in [9.17, 15) is 8.42 Å². The molecular weight excluding hydrogens is 336 g/mol. The molecule has 3 N–H and O–H groups in total. The molecule has 1 rings (SSSR count). The third-order valence-electron chi connectivity index (χ3n) is 2.49. The van der Waals surface area contributed by atoms with Gasteiger partial charge in [-0.05, 0) is 54.2 Å². The van der Waals surface area contributed by atoms with Crippen LogP contribution in [-0.4, -0.2) is 26.0 Å². The highest BCUT2D eigenvalue weighted by Crippen LogP contribution is 2.25. The number of nitrogen functional groups attached to an aromatic ring is 1. The fourth-order valence-corrected chi connectivity index (χ4v) is 3.77. The van der Waals surface area contributed by atoms with Crippen LogP contribution in [0.5, 0.6) is 0 Å². The van der Waals surface area contributed by atoms with Crippen LogP contribution in [0.2, 0.25) is 0 Å². The summed E-state index contributed by atoms with van der Waals surface area (Å²) in [7, 11) is -3.52. The van der Waals surface area contributed by atoms with E-state index in [1.807, 2.05) is 20.1 Å². The predicted molar refractivity (Wildman–Crippen MR) is 81.3 cm³/mol. The number of sulfonamides is 1. The molecule has 0 aliphatic carbocycles. The summed E-state index contributed by atoms with van der Waals surface area (Å²) in [4.78, 5) is 0.202. The Bertz CT molecular complexity index is 530. The lowest BCUT2D eigenvalue weighted by molar-refractivity contribution is 0.570. The van der Waals surface area contributed by atoms with E-state index in [1.165, 1.54) is 6.07 Å². The van der Waals surface area contributed by atoms with Crippen LogP contribution in [0.25, 0.3) is 0 Å². The van der Waals surface area contributed by atoms with Gasteiger partial charge in [0.2, 0.25) is 10.0 Å². The molecule has 0 heterocycles. The van der Waals surface area contributed by atoms with E-state index in [0.717, 1.165) is 0 Å². The summed E-state index contributed by atoms with van der Waals surface area (Å²) in [5, 5.41) is 0. The summed E-state index contributed by atoms with van der Waals surface area (Å²) < 4.78 is 27.2. The topological polar surface area (TPSA) is 72.2 Å². The number of benzene rings is 1. The first-order chi connectivity index (χ1) is 8.18. The van der Waals surface area contributed by atoms with E-state index >= 15 is 0 Å². The molecule has 0 unspecified atom stereocenters. The van der Waals surface area contributed by atoms with Gasteiger partial charge in [0.05, 0.1) is 4.90 Å². The van der Waals surface area contributed by atoms with E-state index in [2.05, 4.69) is 20.7 Å². The molecule has 0 radical (unpaired) electrons. The molecule has 0 bridgehead atoms. The van der Waals surface area contributed by atoms with Crippen LogP contribution in [0.1, 0.15) is 13.8 Å². The first-order valence-corrected chi connectivity index (χ1v) is 8.78. The van der Waals surface area contributed by atoms with Crippen molar-refractivity contribution in [3.8, 4) is 0 Å². The van der Waals surface area contributed by atoms with Crippen molar-refractivity contribution in [1.29, 1.82) is 0 Å². The van der Waals surface area contributed by atoms with Gasteiger partial charge < -0.3 is 5.73 Å². The van der Waals surface area contributed by atoms with Gasteiger partial charge in [0.25, 0.3) is 0 Å². The monoisotopic (exact) mass is 352 g/mol. The summed E-state index contributed by atoms with van der Waals surface area (Å²) in [5.41, 5.74) is 6.11. The molecular formula is C11H17BrN2O2S2. The first-order valence-electron chi connectivity index (χ1n) is 5.28. The number of nitrogens with two attached hydrogens (primary N) is 1. The van der Waals surface area contributed by atoms with Crippen LogP contribution in [0.15, 0.2) is 27.6 Å². The van der Waals surface area contributed by atoms with E-state index < -0.39 is 10.0 Å². The summed E-state index contributed by atoms with van der Waals surface area (Å²) in [6.45, 7) is 4.34. The molecule has 0 saturated carbocycles. The zero-order valence-electron chi connectivity index (χ0n) is 10.5. The summed E-state index contributed by atoms with van der Waals surface area (Å²) in [6.07, 6.45) is 1.95. The predicted octanol–water partition coefficient (Wildman–Crippen LogP) is 2.45. The molecule has 102 valence electrons. The molecule has 0 aromatic heterocycles. The van der Waals surface area contributed by atoms with E-state index in [4.69, 9.17) is 5.73 Å². The van der Waals surface area contributed by atoms with Crippen LogP contribution < -0.4 is 10.5 Å². The van der Waals surface area contributed by atoms with Crippen molar-refractivity contribution < 1.29 is 8.42 Å². The average molecular weight is 353 g/mol. The Hall–Kier alpha value is -0.240. The summed E-state index contributed by atoms with van der Waals surface area (Å²) >= 11 is 4.83. The van der Waals surface area contributed by atoms with Crippen LogP contribution >= 0.6 is 27.7 Å². The quantitative estimate of drug-likeness (QED) is 0.798. The van der Waals surface area contributed by atoms with Gasteiger partial charge in [0, 0.05) is 21.5 Å². The maximum atomic E-state index is 12.1. The van der Waals surface area contributed by atoms with E-state index in [-0.39, 0.29) is 9.64 Å². The van der Waals surface area contributed by atoms with Gasteiger partial charge in [0.15, 0.2) is 0 Å². The molecule has 0 spiro atoms. The molecule has 0 amide bonds. The summed E-state index contributed by atoms with van der Waals surface area (Å²) in [6, 6.07) is 4.64. The highest BCUT2D eigenvalue weighted by Gasteiger charge is 2.22. The number of anilines is 1. The Kier molecular flexibility index (Phi) is 5.11. The number of halogens is 1. The molecule has 0 fully saturated rings. The number of thioether (sulfide) groups is 1. The number of hydrogen-bond donors (Lipinski definition) is 2. The van der Waals surface area contributed by atoms with Crippen LogP contribution in [0.3, 0.4) is 0 Å². The SMILES string of the molecule is CSC(C)(C)CNS(=O)(=O)c1ccc(N)cc1Br. The molecule has 7 heteroatoms. The summed E-state index contributed by atoms with van der Waals surface area (Å²) in [5.74, 6) is 0. The van der Waals surface area contributed by atoms with Crippen LogP contribution in [0, 0.1) is 0 Å². The largest absolute Gasteiger partial charge is 0.399 e. The zero-order chi connectivity index (χ0) is 14.0. The van der Waals surface area contributed by atoms with Crippen molar-refractivity contribution in [2.45, 2.75) is 23.5 Å². The Morgan fingerprint density at radius 2 is 2.06 bits per heavy atom. The minimum atomic E-state index is -3.52. The number of nitrogens with one attached hydrogen (secondary N) is 1. The molecule has 0 aliphatic rings. The van der Waals surface area contributed by atoms with Crippen molar-refractivity contribution in [1.82, 2.24) is 4.72 Å². The molecule has 1 aromatic rings. The van der Waals surface area contributed by atoms with Gasteiger partial charge in [-0.2, -0.15) is 11.8 Å². The molecule has 0 aliphatic heterocycles. The molecule has 0 saturated heterocycles. The highest BCUT2D eigenvalue weighted by atomic mass is 79.9.